The maximum absolute atomic E-state index is 12.5. The van der Waals surface area contributed by atoms with Gasteiger partial charge >= 0.3 is 0 Å². The molecule has 0 aliphatic carbocycles. The number of nitrogens with zero attached hydrogens (tertiary/aromatic N) is 2. The smallest absolute Gasteiger partial charge is 0.268 e. The zero-order valence-electron chi connectivity index (χ0n) is 16.1. The lowest BCUT2D eigenvalue weighted by Gasteiger charge is -2.20. The van der Waals surface area contributed by atoms with E-state index in [1.54, 1.807) is 24.3 Å². The van der Waals surface area contributed by atoms with Crippen molar-refractivity contribution in [1.82, 2.24) is 5.32 Å². The topological polar surface area (TPSA) is 117 Å². The average molecular weight is 393 g/mol. The van der Waals surface area contributed by atoms with Gasteiger partial charge in [-0.05, 0) is 30.2 Å². The number of anilines is 2. The minimum absolute atomic E-state index is 0.0797. The first-order chi connectivity index (χ1) is 14.0. The van der Waals surface area contributed by atoms with E-state index in [9.17, 15) is 14.4 Å². The summed E-state index contributed by atoms with van der Waals surface area (Å²) >= 11 is 0. The number of amides is 3. The average Bonchev–Trinajstić information content (AvgIpc) is 3.19. The number of hydrazone groups is 1. The van der Waals surface area contributed by atoms with E-state index in [4.69, 9.17) is 5.73 Å². The molecule has 8 nitrogen and oxygen atoms in total. The standard InChI is InChI=1S/C21H23N5O3/c1-2-14-8-6-7-11-16(14)24-19(27)13-23-21(29)17-12-18(20(22)28)26(25-17)15-9-4-3-5-10-15/h3-11,18H,2,12-13H2,1H3,(H2,22,28)(H,23,29)(H,24,27). The lowest BCUT2D eigenvalue weighted by Crippen LogP contribution is -2.40. The predicted octanol–water partition coefficient (Wildman–Crippen LogP) is 1.42. The van der Waals surface area contributed by atoms with Gasteiger partial charge in [0.1, 0.15) is 11.8 Å². The molecule has 150 valence electrons. The van der Waals surface area contributed by atoms with Gasteiger partial charge in [-0.15, -0.1) is 0 Å². The highest BCUT2D eigenvalue weighted by molar-refractivity contribution is 6.40. The van der Waals surface area contributed by atoms with Crippen LogP contribution in [0.2, 0.25) is 0 Å². The van der Waals surface area contributed by atoms with Gasteiger partial charge in [0.2, 0.25) is 11.8 Å². The molecule has 29 heavy (non-hydrogen) atoms. The number of carbonyl (C=O) groups excluding carboxylic acids is 3. The molecule has 1 unspecified atom stereocenters. The molecule has 1 aliphatic heterocycles. The van der Waals surface area contributed by atoms with E-state index in [-0.39, 0.29) is 24.6 Å². The van der Waals surface area contributed by atoms with Crippen molar-refractivity contribution in [3.63, 3.8) is 0 Å². The van der Waals surface area contributed by atoms with Crippen molar-refractivity contribution in [3.05, 3.63) is 60.2 Å². The highest BCUT2D eigenvalue weighted by Gasteiger charge is 2.34. The fraction of sp³-hybridized carbons (Fsp3) is 0.238. The SMILES string of the molecule is CCc1ccccc1NC(=O)CNC(=O)C1=NN(c2ccccc2)C(C(N)=O)C1. The maximum Gasteiger partial charge on any atom is 0.268 e. The zero-order valence-corrected chi connectivity index (χ0v) is 16.1. The number of nitrogens with two attached hydrogens (primary N) is 1. The number of nitrogens with one attached hydrogen (secondary N) is 2. The Bertz CT molecular complexity index is 942. The van der Waals surface area contributed by atoms with Crippen molar-refractivity contribution in [2.45, 2.75) is 25.8 Å². The van der Waals surface area contributed by atoms with Crippen LogP contribution in [0.15, 0.2) is 59.7 Å². The van der Waals surface area contributed by atoms with Gasteiger partial charge in [-0.3, -0.25) is 19.4 Å². The van der Waals surface area contributed by atoms with Crippen LogP contribution in [0.25, 0.3) is 0 Å². The van der Waals surface area contributed by atoms with Gasteiger partial charge in [-0.1, -0.05) is 43.3 Å². The first-order valence-corrected chi connectivity index (χ1v) is 9.36. The molecule has 0 bridgehead atoms. The van der Waals surface area contributed by atoms with Gasteiger partial charge in [0.15, 0.2) is 0 Å². The molecule has 1 atom stereocenters. The van der Waals surface area contributed by atoms with Crippen LogP contribution in [0, 0.1) is 0 Å². The summed E-state index contributed by atoms with van der Waals surface area (Å²) in [5, 5.41) is 11.0. The summed E-state index contributed by atoms with van der Waals surface area (Å²) in [6.07, 6.45) is 0.861. The van der Waals surface area contributed by atoms with Crippen LogP contribution in [0.5, 0.6) is 0 Å². The number of carbonyl (C=O) groups is 3. The fourth-order valence-electron chi connectivity index (χ4n) is 3.10. The molecule has 2 aromatic carbocycles. The van der Waals surface area contributed by atoms with Gasteiger partial charge < -0.3 is 16.4 Å². The van der Waals surface area contributed by atoms with E-state index >= 15 is 0 Å². The first kappa shape index (κ1) is 20.1. The maximum atomic E-state index is 12.5. The number of hydrogen-bond donors (Lipinski definition) is 3. The predicted molar refractivity (Wildman–Crippen MR) is 111 cm³/mol. The van der Waals surface area contributed by atoms with Crippen LogP contribution in [0.4, 0.5) is 11.4 Å². The fourth-order valence-corrected chi connectivity index (χ4v) is 3.10. The second-order valence-electron chi connectivity index (χ2n) is 6.59. The molecule has 1 aliphatic rings. The van der Waals surface area contributed by atoms with Crippen LogP contribution in [-0.4, -0.2) is 36.0 Å². The van der Waals surface area contributed by atoms with Gasteiger partial charge in [-0.2, -0.15) is 5.10 Å². The number of benzene rings is 2. The number of aryl methyl sites for hydroxylation is 1. The zero-order chi connectivity index (χ0) is 20.8. The largest absolute Gasteiger partial charge is 0.368 e. The molecule has 0 saturated carbocycles. The summed E-state index contributed by atoms with van der Waals surface area (Å²) < 4.78 is 0. The summed E-state index contributed by atoms with van der Waals surface area (Å²) in [4.78, 5) is 36.5. The second kappa shape index (κ2) is 9.01. The highest BCUT2D eigenvalue weighted by Crippen LogP contribution is 2.24. The normalized spacial score (nSPS) is 15.6. The molecule has 1 heterocycles. The van der Waals surface area contributed by atoms with Crippen molar-refractivity contribution in [1.29, 1.82) is 0 Å². The Kier molecular flexibility index (Phi) is 6.23. The Morgan fingerprint density at radius 1 is 1.10 bits per heavy atom. The Labute approximate surface area is 168 Å². The molecule has 0 fully saturated rings. The highest BCUT2D eigenvalue weighted by atomic mass is 16.2. The molecule has 0 saturated heterocycles. The van der Waals surface area contributed by atoms with Crippen LogP contribution >= 0.6 is 0 Å². The van der Waals surface area contributed by atoms with Crippen molar-refractivity contribution in [3.8, 4) is 0 Å². The summed E-state index contributed by atoms with van der Waals surface area (Å²) in [5.41, 5.74) is 8.01. The molecular weight excluding hydrogens is 370 g/mol. The summed E-state index contributed by atoms with van der Waals surface area (Å²) in [6, 6.07) is 15.7. The Hall–Kier alpha value is -3.68. The minimum Gasteiger partial charge on any atom is -0.368 e. The Morgan fingerprint density at radius 3 is 2.48 bits per heavy atom. The molecule has 2 aromatic rings. The molecule has 3 amide bonds. The number of primary amides is 1. The van der Waals surface area contributed by atoms with E-state index in [0.717, 1.165) is 17.7 Å². The quantitative estimate of drug-likeness (QED) is 0.659. The summed E-state index contributed by atoms with van der Waals surface area (Å²) in [5.74, 6) is -1.42. The van der Waals surface area contributed by atoms with Gasteiger partial charge in [0.05, 0.1) is 12.2 Å². The number of para-hydroxylation sites is 2. The molecule has 0 aromatic heterocycles. The van der Waals surface area contributed by atoms with E-state index in [2.05, 4.69) is 15.7 Å². The van der Waals surface area contributed by atoms with E-state index in [1.807, 2.05) is 37.3 Å². The lowest BCUT2D eigenvalue weighted by molar-refractivity contribution is -0.120. The Balaban J connectivity index is 1.63. The lowest BCUT2D eigenvalue weighted by atomic mass is 10.1. The van der Waals surface area contributed by atoms with Crippen molar-refractivity contribution in [2.24, 2.45) is 10.8 Å². The van der Waals surface area contributed by atoms with E-state index in [0.29, 0.717) is 5.69 Å². The van der Waals surface area contributed by atoms with Gasteiger partial charge in [0.25, 0.3) is 5.91 Å². The first-order valence-electron chi connectivity index (χ1n) is 9.36. The second-order valence-corrected chi connectivity index (χ2v) is 6.59. The molecule has 8 heteroatoms. The van der Waals surface area contributed by atoms with Crippen molar-refractivity contribution in [2.75, 3.05) is 16.9 Å². The number of hydrogen-bond acceptors (Lipinski definition) is 5. The third-order valence-corrected chi connectivity index (χ3v) is 4.60. The summed E-state index contributed by atoms with van der Waals surface area (Å²) in [7, 11) is 0. The summed E-state index contributed by atoms with van der Waals surface area (Å²) in [6.45, 7) is 1.79. The third-order valence-electron chi connectivity index (χ3n) is 4.60. The van der Waals surface area contributed by atoms with Crippen LogP contribution in [0.3, 0.4) is 0 Å². The molecule has 3 rings (SSSR count). The van der Waals surface area contributed by atoms with Gasteiger partial charge in [0, 0.05) is 12.1 Å². The van der Waals surface area contributed by atoms with E-state index in [1.165, 1.54) is 5.01 Å². The number of rotatable bonds is 7. The van der Waals surface area contributed by atoms with Crippen molar-refractivity contribution >= 4 is 34.8 Å². The van der Waals surface area contributed by atoms with Crippen LogP contribution < -0.4 is 21.4 Å². The minimum atomic E-state index is -0.747. The monoisotopic (exact) mass is 393 g/mol. The molecule has 0 radical (unpaired) electrons. The van der Waals surface area contributed by atoms with Crippen LogP contribution in [0.1, 0.15) is 18.9 Å². The molecular formula is C21H23N5O3. The molecule has 0 spiro atoms. The Morgan fingerprint density at radius 2 is 1.79 bits per heavy atom. The third kappa shape index (κ3) is 4.78. The van der Waals surface area contributed by atoms with Crippen LogP contribution in [-0.2, 0) is 20.8 Å². The van der Waals surface area contributed by atoms with Gasteiger partial charge in [-0.25, -0.2) is 0 Å². The molecule has 4 N–H and O–H groups in total. The van der Waals surface area contributed by atoms with Crippen molar-refractivity contribution < 1.29 is 14.4 Å². The van der Waals surface area contributed by atoms with E-state index < -0.39 is 17.9 Å².